The molecule has 0 aliphatic carbocycles. The third-order valence-electron chi connectivity index (χ3n) is 7.46. The van der Waals surface area contributed by atoms with Crippen LogP contribution >= 0.6 is 23.4 Å². The van der Waals surface area contributed by atoms with Crippen LogP contribution in [0.15, 0.2) is 142 Å². The number of rotatable bonds is 11. The van der Waals surface area contributed by atoms with E-state index in [2.05, 4.69) is 20.9 Å². The second-order valence-corrected chi connectivity index (χ2v) is 12.6. The summed E-state index contributed by atoms with van der Waals surface area (Å²) in [5, 5.41) is 8.64. The maximum atomic E-state index is 13.5. The number of hydrogen-bond acceptors (Lipinski definition) is 6. The van der Waals surface area contributed by atoms with E-state index in [1.165, 1.54) is 17.8 Å². The van der Waals surface area contributed by atoms with Gasteiger partial charge in [0.25, 0.3) is 11.8 Å². The molecule has 0 radical (unpaired) electrons. The minimum Gasteiger partial charge on any atom is -0.436 e. The van der Waals surface area contributed by atoms with E-state index < -0.39 is 17.1 Å². The van der Waals surface area contributed by atoms with Gasteiger partial charge in [0.15, 0.2) is 5.58 Å². The Bertz CT molecular complexity index is 2120. The van der Waals surface area contributed by atoms with E-state index >= 15 is 0 Å². The Morgan fingerprint density at radius 3 is 2.31 bits per heavy atom. The number of halogens is 1. The van der Waals surface area contributed by atoms with Gasteiger partial charge in [0, 0.05) is 32.4 Å². The van der Waals surface area contributed by atoms with Gasteiger partial charge in [-0.3, -0.25) is 14.4 Å². The van der Waals surface area contributed by atoms with Gasteiger partial charge in [0.1, 0.15) is 11.2 Å². The highest BCUT2D eigenvalue weighted by Crippen LogP contribution is 2.30. The molecule has 0 fully saturated rings. The molecular formula is C39H31ClN4O4S. The first kappa shape index (κ1) is 33.3. The minimum absolute atomic E-state index is 0.0212. The highest BCUT2D eigenvalue weighted by molar-refractivity contribution is 8.00. The zero-order valence-electron chi connectivity index (χ0n) is 26.4. The van der Waals surface area contributed by atoms with E-state index in [9.17, 15) is 14.4 Å². The Hall–Kier alpha value is -5.64. The molecule has 0 bridgehead atoms. The first-order valence-electron chi connectivity index (χ1n) is 15.5. The van der Waals surface area contributed by atoms with E-state index in [4.69, 9.17) is 16.0 Å². The van der Waals surface area contributed by atoms with E-state index in [-0.39, 0.29) is 11.6 Å². The molecule has 0 aliphatic heterocycles. The first-order chi connectivity index (χ1) is 23.9. The Balaban J connectivity index is 1.12. The minimum atomic E-state index is -0.530. The van der Waals surface area contributed by atoms with E-state index in [1.807, 2.05) is 61.5 Å². The van der Waals surface area contributed by atoms with E-state index in [1.54, 1.807) is 72.8 Å². The van der Waals surface area contributed by atoms with E-state index in [0.29, 0.717) is 45.4 Å². The van der Waals surface area contributed by atoms with Crippen LogP contribution in [0.25, 0.3) is 28.6 Å². The molecule has 6 rings (SSSR count). The van der Waals surface area contributed by atoms with Crippen molar-refractivity contribution in [3.63, 3.8) is 0 Å². The molecule has 1 unspecified atom stereocenters. The Kier molecular flexibility index (Phi) is 10.5. The molecule has 10 heteroatoms. The Labute approximate surface area is 292 Å². The number of aromatic nitrogens is 1. The molecule has 1 aromatic heterocycles. The number of benzene rings is 5. The highest BCUT2D eigenvalue weighted by Gasteiger charge is 2.20. The summed E-state index contributed by atoms with van der Waals surface area (Å²) < 4.78 is 5.86. The summed E-state index contributed by atoms with van der Waals surface area (Å²) >= 11 is 7.75. The van der Waals surface area contributed by atoms with Crippen LogP contribution in [0.1, 0.15) is 29.3 Å². The number of nitrogens with one attached hydrogen (secondary N) is 3. The maximum Gasteiger partial charge on any atom is 0.272 e. The molecule has 0 aliphatic rings. The van der Waals surface area contributed by atoms with Gasteiger partial charge < -0.3 is 20.4 Å². The summed E-state index contributed by atoms with van der Waals surface area (Å²) in [6.45, 7) is 1.94. The lowest BCUT2D eigenvalue weighted by Gasteiger charge is -2.16. The molecule has 6 aromatic rings. The van der Waals surface area contributed by atoms with Crippen molar-refractivity contribution in [2.45, 2.75) is 23.5 Å². The summed E-state index contributed by atoms with van der Waals surface area (Å²) in [6, 6.07) is 37.8. The smallest absolute Gasteiger partial charge is 0.272 e. The van der Waals surface area contributed by atoms with Crippen molar-refractivity contribution in [2.75, 3.05) is 10.6 Å². The average molecular weight is 687 g/mol. The number of amides is 3. The molecule has 5 aromatic carbocycles. The van der Waals surface area contributed by atoms with Crippen molar-refractivity contribution in [2.24, 2.45) is 0 Å². The number of hydrogen-bond donors (Lipinski definition) is 3. The van der Waals surface area contributed by atoms with Gasteiger partial charge in [-0.25, -0.2) is 4.98 Å². The summed E-state index contributed by atoms with van der Waals surface area (Å²) in [7, 11) is 0. The van der Waals surface area contributed by atoms with Gasteiger partial charge in [-0.05, 0) is 90.9 Å². The highest BCUT2D eigenvalue weighted by atomic mass is 35.5. The van der Waals surface area contributed by atoms with Gasteiger partial charge in [0.2, 0.25) is 11.8 Å². The van der Waals surface area contributed by atoms with Crippen LogP contribution in [0.3, 0.4) is 0 Å². The van der Waals surface area contributed by atoms with Gasteiger partial charge in [-0.1, -0.05) is 73.1 Å². The summed E-state index contributed by atoms with van der Waals surface area (Å²) in [5.74, 6) is -0.600. The van der Waals surface area contributed by atoms with Crippen LogP contribution in [0.5, 0.6) is 0 Å². The number of nitrogens with zero attached hydrogens (tertiary/aromatic N) is 1. The molecule has 0 saturated heterocycles. The van der Waals surface area contributed by atoms with Crippen LogP contribution in [0.2, 0.25) is 5.02 Å². The third kappa shape index (κ3) is 8.45. The Morgan fingerprint density at radius 2 is 1.55 bits per heavy atom. The topological polar surface area (TPSA) is 113 Å². The van der Waals surface area contributed by atoms with Crippen molar-refractivity contribution >= 4 is 69.6 Å². The second kappa shape index (κ2) is 15.5. The number of fused-ring (bicyclic) bond motifs is 1. The van der Waals surface area contributed by atoms with Gasteiger partial charge in [0.05, 0.1) is 5.25 Å². The SMILES string of the molecule is CCC(Sc1cccc(NC(=O)/C(=C\c2ccccc2Cl)NC(=O)c2ccccc2)c1)C(=O)Nc1ccc(-c2nc3ccccc3o2)cc1. The number of para-hydroxylation sites is 2. The normalized spacial score (nSPS) is 11.9. The maximum absolute atomic E-state index is 13.5. The van der Waals surface area contributed by atoms with Crippen molar-refractivity contribution in [3.8, 4) is 11.5 Å². The van der Waals surface area contributed by atoms with Crippen LogP contribution in [-0.4, -0.2) is 28.0 Å². The number of thioether (sulfide) groups is 1. The van der Waals surface area contributed by atoms with Crippen LogP contribution in [0.4, 0.5) is 11.4 Å². The molecule has 1 heterocycles. The van der Waals surface area contributed by atoms with Gasteiger partial charge >= 0.3 is 0 Å². The lowest BCUT2D eigenvalue weighted by Crippen LogP contribution is -2.30. The lowest BCUT2D eigenvalue weighted by molar-refractivity contribution is -0.116. The van der Waals surface area contributed by atoms with Crippen LogP contribution < -0.4 is 16.0 Å². The average Bonchev–Trinajstić information content (AvgIpc) is 3.56. The van der Waals surface area contributed by atoms with Crippen LogP contribution in [0, 0.1) is 0 Å². The fourth-order valence-electron chi connectivity index (χ4n) is 4.94. The Morgan fingerprint density at radius 1 is 0.816 bits per heavy atom. The molecule has 3 N–H and O–H groups in total. The third-order valence-corrected chi connectivity index (χ3v) is 9.16. The largest absolute Gasteiger partial charge is 0.436 e. The van der Waals surface area contributed by atoms with Crippen molar-refractivity contribution in [1.29, 1.82) is 0 Å². The fourth-order valence-corrected chi connectivity index (χ4v) is 6.14. The number of carbonyl (C=O) groups is 3. The van der Waals surface area contributed by atoms with Crippen molar-refractivity contribution in [1.82, 2.24) is 10.3 Å². The predicted molar refractivity (Wildman–Crippen MR) is 196 cm³/mol. The van der Waals surface area contributed by atoms with Crippen LogP contribution in [-0.2, 0) is 9.59 Å². The first-order valence-corrected chi connectivity index (χ1v) is 16.8. The fraction of sp³-hybridized carbons (Fsp3) is 0.0769. The molecule has 244 valence electrons. The molecule has 3 amide bonds. The van der Waals surface area contributed by atoms with Gasteiger partial charge in [-0.2, -0.15) is 0 Å². The summed E-state index contributed by atoms with van der Waals surface area (Å²) in [6.07, 6.45) is 2.11. The summed E-state index contributed by atoms with van der Waals surface area (Å²) in [5.41, 5.74) is 4.45. The molecule has 49 heavy (non-hydrogen) atoms. The molecule has 0 spiro atoms. The predicted octanol–water partition coefficient (Wildman–Crippen LogP) is 9.07. The second-order valence-electron chi connectivity index (χ2n) is 10.9. The molecule has 0 saturated carbocycles. The zero-order valence-corrected chi connectivity index (χ0v) is 27.9. The molecule has 8 nitrogen and oxygen atoms in total. The zero-order chi connectivity index (χ0) is 34.2. The monoisotopic (exact) mass is 686 g/mol. The van der Waals surface area contributed by atoms with E-state index in [0.717, 1.165) is 16.0 Å². The molecule has 1 atom stereocenters. The quantitative estimate of drug-likeness (QED) is 0.0926. The molecular weight excluding hydrogens is 656 g/mol. The lowest BCUT2D eigenvalue weighted by atomic mass is 10.1. The van der Waals surface area contributed by atoms with Crippen molar-refractivity contribution in [3.05, 3.63) is 149 Å². The summed E-state index contributed by atoms with van der Waals surface area (Å²) in [4.78, 5) is 45.2. The number of anilines is 2. The van der Waals surface area contributed by atoms with Crippen molar-refractivity contribution < 1.29 is 18.8 Å². The number of carbonyl (C=O) groups excluding carboxylic acids is 3. The van der Waals surface area contributed by atoms with Gasteiger partial charge in [-0.15, -0.1) is 11.8 Å². The number of oxazole rings is 1. The standard InChI is InChI=1S/C39H31ClN4O4S/c1-2-35(38(47)41-28-21-19-26(20-22-28)39-44-32-17-8-9-18-34(32)48-39)49-30-15-10-14-29(24-30)42-37(46)33(23-27-13-6-7-16-31(27)40)43-36(45)25-11-4-3-5-12-25/h3-24,35H,2H2,1H3,(H,41,47)(H,42,46)(H,43,45)/b33-23+.